The molecule has 2 N–H and O–H groups in total. The molecule has 2 unspecified atom stereocenters. The molecule has 0 aromatic carbocycles. The van der Waals surface area contributed by atoms with Crippen molar-refractivity contribution in [2.24, 2.45) is 0 Å². The molecule has 0 saturated heterocycles. The Kier molecular flexibility index (Phi) is 2.09. The molecule has 0 radical (unpaired) electrons. The minimum atomic E-state index is -1.13. The molecular formula is C6H10FNO2. The molecule has 1 rings (SSSR count). The molecule has 0 aliphatic heterocycles. The van der Waals surface area contributed by atoms with E-state index in [1.165, 1.54) is 0 Å². The van der Waals surface area contributed by atoms with Crippen LogP contribution in [0.2, 0.25) is 0 Å². The summed E-state index contributed by atoms with van der Waals surface area (Å²) in [7, 11) is 0. The summed E-state index contributed by atoms with van der Waals surface area (Å²) in [5, 5.41) is 10.3. The lowest BCUT2D eigenvalue weighted by atomic mass is 10.2. The van der Waals surface area contributed by atoms with Gasteiger partial charge in [-0.25, -0.2) is 9.18 Å². The maximum absolute atomic E-state index is 12.6. The van der Waals surface area contributed by atoms with Gasteiger partial charge in [0.2, 0.25) is 0 Å². The van der Waals surface area contributed by atoms with E-state index >= 15 is 0 Å². The number of carboxylic acid groups (broad SMARTS) is 1. The minimum absolute atomic E-state index is 0.461. The fourth-order valence-corrected chi connectivity index (χ4v) is 1.24. The van der Waals surface area contributed by atoms with Crippen LogP contribution in [-0.4, -0.2) is 23.4 Å². The van der Waals surface area contributed by atoms with Crippen LogP contribution < -0.4 is 5.32 Å². The van der Waals surface area contributed by atoms with Gasteiger partial charge in [-0.05, 0) is 19.3 Å². The summed E-state index contributed by atoms with van der Waals surface area (Å²) < 4.78 is 12.6. The maximum atomic E-state index is 12.6. The van der Waals surface area contributed by atoms with E-state index in [2.05, 4.69) is 5.32 Å². The third-order valence-corrected chi connectivity index (χ3v) is 1.74. The van der Waals surface area contributed by atoms with Crippen molar-refractivity contribution in [2.75, 3.05) is 0 Å². The average molecular weight is 147 g/mol. The van der Waals surface area contributed by atoms with Crippen LogP contribution in [0.25, 0.3) is 0 Å². The number of nitrogens with one attached hydrogen (secondary N) is 1. The summed E-state index contributed by atoms with van der Waals surface area (Å²) in [5.41, 5.74) is 0. The first-order valence-electron chi connectivity index (χ1n) is 3.33. The monoisotopic (exact) mass is 147 g/mol. The maximum Gasteiger partial charge on any atom is 0.404 e. The lowest BCUT2D eigenvalue weighted by Gasteiger charge is -2.10. The smallest absolute Gasteiger partial charge is 0.404 e. The van der Waals surface area contributed by atoms with Crippen LogP contribution in [0.1, 0.15) is 19.3 Å². The zero-order chi connectivity index (χ0) is 7.56. The second kappa shape index (κ2) is 2.86. The van der Waals surface area contributed by atoms with Gasteiger partial charge in [-0.2, -0.15) is 0 Å². The lowest BCUT2D eigenvalue weighted by Crippen LogP contribution is -2.37. The summed E-state index contributed by atoms with van der Waals surface area (Å²) in [4.78, 5) is 10.0. The van der Waals surface area contributed by atoms with Gasteiger partial charge in [-0.1, -0.05) is 0 Å². The summed E-state index contributed by atoms with van der Waals surface area (Å²) >= 11 is 0. The Bertz CT molecular complexity index is 140. The third kappa shape index (κ3) is 1.59. The molecule has 1 fully saturated rings. The van der Waals surface area contributed by atoms with E-state index in [1.807, 2.05) is 0 Å². The van der Waals surface area contributed by atoms with Crippen molar-refractivity contribution in [1.82, 2.24) is 5.32 Å². The standard InChI is InChI=1S/C6H10FNO2/c7-4-2-1-3-5(4)8-6(9)10/h4-5,8H,1-3H2,(H,9,10). The number of rotatable bonds is 1. The Morgan fingerprint density at radius 2 is 2.30 bits per heavy atom. The highest BCUT2D eigenvalue weighted by Crippen LogP contribution is 2.21. The van der Waals surface area contributed by atoms with Crippen LogP contribution in [0, 0.1) is 0 Å². The van der Waals surface area contributed by atoms with Crippen LogP contribution in [-0.2, 0) is 0 Å². The van der Waals surface area contributed by atoms with Crippen molar-refractivity contribution < 1.29 is 14.3 Å². The highest BCUT2D eigenvalue weighted by atomic mass is 19.1. The minimum Gasteiger partial charge on any atom is -0.465 e. The van der Waals surface area contributed by atoms with Crippen molar-refractivity contribution >= 4 is 6.09 Å². The fourth-order valence-electron chi connectivity index (χ4n) is 1.24. The van der Waals surface area contributed by atoms with Gasteiger partial charge in [0.15, 0.2) is 0 Å². The zero-order valence-electron chi connectivity index (χ0n) is 5.51. The van der Waals surface area contributed by atoms with Gasteiger partial charge >= 0.3 is 6.09 Å². The largest absolute Gasteiger partial charge is 0.465 e. The molecule has 1 amide bonds. The number of hydrogen-bond donors (Lipinski definition) is 2. The highest BCUT2D eigenvalue weighted by molar-refractivity contribution is 5.65. The number of amides is 1. The zero-order valence-corrected chi connectivity index (χ0v) is 5.51. The van der Waals surface area contributed by atoms with Gasteiger partial charge < -0.3 is 10.4 Å². The number of alkyl halides is 1. The first-order valence-corrected chi connectivity index (χ1v) is 3.33. The Morgan fingerprint density at radius 3 is 2.70 bits per heavy atom. The Labute approximate surface area is 58.2 Å². The topological polar surface area (TPSA) is 49.3 Å². The Hall–Kier alpha value is -0.800. The molecule has 4 heteroatoms. The van der Waals surface area contributed by atoms with Gasteiger partial charge in [0, 0.05) is 0 Å². The van der Waals surface area contributed by atoms with E-state index in [-0.39, 0.29) is 0 Å². The number of carbonyl (C=O) groups is 1. The molecular weight excluding hydrogens is 137 g/mol. The van der Waals surface area contributed by atoms with Crippen LogP contribution in [0.5, 0.6) is 0 Å². The van der Waals surface area contributed by atoms with Gasteiger partial charge in [-0.15, -0.1) is 0 Å². The molecule has 10 heavy (non-hydrogen) atoms. The van der Waals surface area contributed by atoms with E-state index in [4.69, 9.17) is 5.11 Å². The van der Waals surface area contributed by atoms with Crippen molar-refractivity contribution in [2.45, 2.75) is 31.5 Å². The second-order valence-electron chi connectivity index (χ2n) is 2.50. The molecule has 0 heterocycles. The summed E-state index contributed by atoms with van der Waals surface area (Å²) in [6.45, 7) is 0. The van der Waals surface area contributed by atoms with Crippen molar-refractivity contribution in [3.63, 3.8) is 0 Å². The average Bonchev–Trinajstić information content (AvgIpc) is 2.15. The predicted octanol–water partition coefficient (Wildman–Crippen LogP) is 1.14. The highest BCUT2D eigenvalue weighted by Gasteiger charge is 2.27. The van der Waals surface area contributed by atoms with Crippen LogP contribution in [0.15, 0.2) is 0 Å². The molecule has 58 valence electrons. The summed E-state index contributed by atoms with van der Waals surface area (Å²) in [6, 6.07) is -0.461. The molecule has 0 aromatic rings. The molecule has 2 atom stereocenters. The van der Waals surface area contributed by atoms with Gasteiger partial charge in [-0.3, -0.25) is 0 Å². The second-order valence-corrected chi connectivity index (χ2v) is 2.50. The number of halogens is 1. The predicted molar refractivity (Wildman–Crippen MR) is 33.7 cm³/mol. The van der Waals surface area contributed by atoms with Crippen molar-refractivity contribution in [3.05, 3.63) is 0 Å². The molecule has 0 aromatic heterocycles. The normalized spacial score (nSPS) is 32.1. The van der Waals surface area contributed by atoms with Crippen LogP contribution >= 0.6 is 0 Å². The van der Waals surface area contributed by atoms with E-state index in [0.29, 0.717) is 12.8 Å². The van der Waals surface area contributed by atoms with E-state index in [1.54, 1.807) is 0 Å². The van der Waals surface area contributed by atoms with Gasteiger partial charge in [0.05, 0.1) is 6.04 Å². The van der Waals surface area contributed by atoms with E-state index in [0.717, 1.165) is 6.42 Å². The summed E-state index contributed by atoms with van der Waals surface area (Å²) in [5.74, 6) is 0. The number of hydrogen-bond acceptors (Lipinski definition) is 1. The van der Waals surface area contributed by atoms with Crippen molar-refractivity contribution in [1.29, 1.82) is 0 Å². The Morgan fingerprint density at radius 1 is 1.60 bits per heavy atom. The van der Waals surface area contributed by atoms with E-state index < -0.39 is 18.3 Å². The van der Waals surface area contributed by atoms with Crippen molar-refractivity contribution in [3.8, 4) is 0 Å². The quantitative estimate of drug-likeness (QED) is 0.584. The summed E-state index contributed by atoms with van der Waals surface area (Å²) in [6.07, 6.45) is -0.199. The van der Waals surface area contributed by atoms with E-state index in [9.17, 15) is 9.18 Å². The molecule has 3 nitrogen and oxygen atoms in total. The van der Waals surface area contributed by atoms with Crippen LogP contribution in [0.3, 0.4) is 0 Å². The Balaban J connectivity index is 2.33. The molecule has 1 aliphatic rings. The first-order chi connectivity index (χ1) is 4.70. The molecule has 0 spiro atoms. The third-order valence-electron chi connectivity index (χ3n) is 1.74. The SMILES string of the molecule is O=C(O)NC1CCCC1F. The molecule has 1 aliphatic carbocycles. The van der Waals surface area contributed by atoms with Crippen LogP contribution in [0.4, 0.5) is 9.18 Å². The first kappa shape index (κ1) is 7.31. The molecule has 1 saturated carbocycles. The fraction of sp³-hybridized carbons (Fsp3) is 0.833. The van der Waals surface area contributed by atoms with Gasteiger partial charge in [0.25, 0.3) is 0 Å². The molecule has 0 bridgehead atoms. The van der Waals surface area contributed by atoms with Gasteiger partial charge in [0.1, 0.15) is 6.17 Å². The lowest BCUT2D eigenvalue weighted by molar-refractivity contribution is 0.181.